The summed E-state index contributed by atoms with van der Waals surface area (Å²) in [6.45, 7) is 0.604. The Kier molecular flexibility index (Phi) is 4.00. The second-order valence-electron chi connectivity index (χ2n) is 4.89. The lowest BCUT2D eigenvalue weighted by atomic mass is 9.98. The number of amides is 1. The number of aryl methyl sites for hydroxylation is 1. The maximum absolute atomic E-state index is 12.1. The molecule has 1 amide bonds. The van der Waals surface area contributed by atoms with Crippen molar-refractivity contribution in [3.05, 3.63) is 53.9 Å². The molecule has 106 valence electrons. The van der Waals surface area contributed by atoms with E-state index in [1.54, 1.807) is 6.20 Å². The molecule has 3 rings (SSSR count). The fraction of sp³-hybridized carbons (Fsp3) is 0.250. The van der Waals surface area contributed by atoms with Crippen molar-refractivity contribution in [1.82, 2.24) is 10.3 Å². The zero-order valence-corrected chi connectivity index (χ0v) is 11.6. The van der Waals surface area contributed by atoms with Gasteiger partial charge in [-0.05, 0) is 25.0 Å². The van der Waals surface area contributed by atoms with E-state index in [1.165, 1.54) is 0 Å². The molecule has 0 aromatic carbocycles. The zero-order chi connectivity index (χ0) is 14.5. The molecule has 21 heavy (non-hydrogen) atoms. The molecule has 5 heteroatoms. The molecule has 1 N–H and O–H groups in total. The number of nitrogens with one attached hydrogen (secondary N) is 1. The summed E-state index contributed by atoms with van der Waals surface area (Å²) in [5, 5.41) is 10.9. The maximum atomic E-state index is 12.1. The van der Waals surface area contributed by atoms with Crippen LogP contribution in [0.1, 0.15) is 18.5 Å². The quantitative estimate of drug-likeness (QED) is 0.836. The summed E-state index contributed by atoms with van der Waals surface area (Å²) in [5.74, 6) is -0.156. The molecule has 0 bridgehead atoms. The van der Waals surface area contributed by atoms with Crippen molar-refractivity contribution in [3.8, 4) is 0 Å². The van der Waals surface area contributed by atoms with Gasteiger partial charge in [0.05, 0.1) is 5.71 Å². The van der Waals surface area contributed by atoms with E-state index >= 15 is 0 Å². The van der Waals surface area contributed by atoms with Crippen LogP contribution in [0.3, 0.4) is 0 Å². The molecule has 1 aromatic heterocycles. The predicted molar refractivity (Wildman–Crippen MR) is 82.3 cm³/mol. The van der Waals surface area contributed by atoms with Crippen molar-refractivity contribution >= 4 is 17.3 Å². The molecule has 0 radical (unpaired) electrons. The summed E-state index contributed by atoms with van der Waals surface area (Å²) in [5.41, 5.74) is 3.18. The molecule has 0 saturated carbocycles. The van der Waals surface area contributed by atoms with Gasteiger partial charge in [0.1, 0.15) is 0 Å². The van der Waals surface area contributed by atoms with E-state index in [1.807, 2.05) is 36.4 Å². The first-order chi connectivity index (χ1) is 10.3. The molecule has 0 atom stereocenters. The highest BCUT2D eigenvalue weighted by atomic mass is 16.1. The molecular formula is C16H16N4O. The molecule has 1 aliphatic heterocycles. The van der Waals surface area contributed by atoms with Crippen LogP contribution in [0.2, 0.25) is 0 Å². The van der Waals surface area contributed by atoms with Crippen LogP contribution < -0.4 is 5.32 Å². The van der Waals surface area contributed by atoms with E-state index in [0.29, 0.717) is 12.3 Å². The number of aromatic nitrogens is 1. The zero-order valence-electron chi connectivity index (χ0n) is 11.6. The number of hydrogen-bond acceptors (Lipinski definition) is 4. The van der Waals surface area contributed by atoms with Crippen molar-refractivity contribution < 1.29 is 4.79 Å². The smallest absolute Gasteiger partial charge is 0.272 e. The average molecular weight is 280 g/mol. The van der Waals surface area contributed by atoms with Crippen molar-refractivity contribution in [2.45, 2.75) is 19.3 Å². The number of allylic oxidation sites excluding steroid dienone is 3. The molecule has 1 aromatic rings. The van der Waals surface area contributed by atoms with Gasteiger partial charge in [0, 0.05) is 30.4 Å². The first kappa shape index (κ1) is 13.4. The Balaban J connectivity index is 1.47. The minimum absolute atomic E-state index is 0.156. The highest BCUT2D eigenvalue weighted by Crippen LogP contribution is 2.17. The summed E-state index contributed by atoms with van der Waals surface area (Å²) in [4.78, 5) is 16.4. The van der Waals surface area contributed by atoms with Gasteiger partial charge in [-0.15, -0.1) is 5.10 Å². The van der Waals surface area contributed by atoms with E-state index in [0.717, 1.165) is 36.2 Å². The summed E-state index contributed by atoms with van der Waals surface area (Å²) in [6, 6.07) is 5.85. The van der Waals surface area contributed by atoms with Gasteiger partial charge >= 0.3 is 0 Å². The van der Waals surface area contributed by atoms with E-state index < -0.39 is 0 Å². The molecule has 0 saturated heterocycles. The van der Waals surface area contributed by atoms with Crippen LogP contribution in [0.15, 0.2) is 58.4 Å². The predicted octanol–water partition coefficient (Wildman–Crippen LogP) is 1.83. The lowest BCUT2D eigenvalue weighted by molar-refractivity contribution is -0.114. The third-order valence-electron chi connectivity index (χ3n) is 3.38. The van der Waals surface area contributed by atoms with E-state index in [-0.39, 0.29) is 5.91 Å². The number of hydrogen-bond donors (Lipinski definition) is 1. The average Bonchev–Trinajstić information content (AvgIpc) is 2.96. The van der Waals surface area contributed by atoms with Crippen LogP contribution in [0, 0.1) is 0 Å². The van der Waals surface area contributed by atoms with Crippen molar-refractivity contribution in [3.63, 3.8) is 0 Å². The first-order valence-electron chi connectivity index (χ1n) is 7.05. The third kappa shape index (κ3) is 3.13. The first-order valence-corrected chi connectivity index (χ1v) is 7.05. The van der Waals surface area contributed by atoms with Crippen LogP contribution in [-0.2, 0) is 11.2 Å². The summed E-state index contributed by atoms with van der Waals surface area (Å²) >= 11 is 0. The molecule has 0 unspecified atom stereocenters. The van der Waals surface area contributed by atoms with Gasteiger partial charge in [-0.25, -0.2) is 0 Å². The summed E-state index contributed by atoms with van der Waals surface area (Å²) < 4.78 is 0. The number of fused-ring (bicyclic) bond motifs is 1. The Morgan fingerprint density at radius 2 is 2.24 bits per heavy atom. The topological polar surface area (TPSA) is 66.7 Å². The second-order valence-corrected chi connectivity index (χ2v) is 4.89. The van der Waals surface area contributed by atoms with Crippen LogP contribution in [0.4, 0.5) is 0 Å². The SMILES string of the molecule is O=C(NCCCc1ccccn1)C1=NN=C2CC=CC=C21. The largest absolute Gasteiger partial charge is 0.351 e. The number of pyridine rings is 1. The molecule has 2 aliphatic rings. The van der Waals surface area contributed by atoms with E-state index in [9.17, 15) is 4.79 Å². The minimum atomic E-state index is -0.156. The number of carbonyl (C=O) groups excluding carboxylic acids is 1. The van der Waals surface area contributed by atoms with Crippen LogP contribution >= 0.6 is 0 Å². The molecule has 1 aliphatic carbocycles. The van der Waals surface area contributed by atoms with Gasteiger partial charge in [0.15, 0.2) is 5.71 Å². The Morgan fingerprint density at radius 1 is 1.29 bits per heavy atom. The molecule has 2 heterocycles. The fourth-order valence-electron chi connectivity index (χ4n) is 2.29. The molecule has 0 fully saturated rings. The second kappa shape index (κ2) is 6.26. The number of rotatable bonds is 5. The number of carbonyl (C=O) groups is 1. The van der Waals surface area contributed by atoms with Crippen LogP contribution in [0.5, 0.6) is 0 Å². The Bertz CT molecular complexity index is 656. The number of nitrogens with zero attached hydrogens (tertiary/aromatic N) is 3. The van der Waals surface area contributed by atoms with Gasteiger partial charge in [0.2, 0.25) is 0 Å². The molecule has 5 nitrogen and oxygen atoms in total. The van der Waals surface area contributed by atoms with Gasteiger partial charge in [-0.1, -0.05) is 24.3 Å². The van der Waals surface area contributed by atoms with E-state index in [4.69, 9.17) is 0 Å². The van der Waals surface area contributed by atoms with Crippen molar-refractivity contribution in [1.29, 1.82) is 0 Å². The summed E-state index contributed by atoms with van der Waals surface area (Å²) in [7, 11) is 0. The van der Waals surface area contributed by atoms with Crippen LogP contribution in [0.25, 0.3) is 0 Å². The Morgan fingerprint density at radius 3 is 3.10 bits per heavy atom. The van der Waals surface area contributed by atoms with Gasteiger partial charge in [-0.3, -0.25) is 9.78 Å². The fourth-order valence-corrected chi connectivity index (χ4v) is 2.29. The minimum Gasteiger partial charge on any atom is -0.351 e. The molecule has 0 spiro atoms. The highest BCUT2D eigenvalue weighted by Gasteiger charge is 2.25. The Hall–Kier alpha value is -2.56. The van der Waals surface area contributed by atoms with Crippen LogP contribution in [-0.4, -0.2) is 28.9 Å². The van der Waals surface area contributed by atoms with Gasteiger partial charge in [-0.2, -0.15) is 5.10 Å². The van der Waals surface area contributed by atoms with E-state index in [2.05, 4.69) is 20.5 Å². The molecular weight excluding hydrogens is 264 g/mol. The summed E-state index contributed by atoms with van der Waals surface area (Å²) in [6.07, 6.45) is 10.1. The highest BCUT2D eigenvalue weighted by molar-refractivity contribution is 6.53. The van der Waals surface area contributed by atoms with Gasteiger partial charge in [0.25, 0.3) is 5.91 Å². The maximum Gasteiger partial charge on any atom is 0.272 e. The van der Waals surface area contributed by atoms with Crippen molar-refractivity contribution in [2.75, 3.05) is 6.54 Å². The lowest BCUT2D eigenvalue weighted by Gasteiger charge is -2.08. The van der Waals surface area contributed by atoms with Gasteiger partial charge < -0.3 is 5.32 Å². The third-order valence-corrected chi connectivity index (χ3v) is 3.38. The van der Waals surface area contributed by atoms with Crippen molar-refractivity contribution in [2.24, 2.45) is 10.2 Å². The lowest BCUT2D eigenvalue weighted by Crippen LogP contribution is -2.33. The Labute approximate surface area is 123 Å². The normalized spacial score (nSPS) is 15.9. The standard InChI is InChI=1S/C16H16N4O/c21-16(15-13-8-1-2-9-14(13)19-20-15)18-11-5-7-12-6-3-4-10-17-12/h1-4,6,8,10H,5,7,9,11H2,(H,18,21). The monoisotopic (exact) mass is 280 g/mol.